The van der Waals surface area contributed by atoms with Gasteiger partial charge in [0.05, 0.1) is 5.92 Å². The van der Waals surface area contributed by atoms with Crippen molar-refractivity contribution in [3.63, 3.8) is 0 Å². The van der Waals surface area contributed by atoms with Crippen LogP contribution in [0.25, 0.3) is 0 Å². The van der Waals surface area contributed by atoms with E-state index in [2.05, 4.69) is 0 Å². The summed E-state index contributed by atoms with van der Waals surface area (Å²) in [6.07, 6.45) is 0. The monoisotopic (exact) mass is 261 g/mol. The summed E-state index contributed by atoms with van der Waals surface area (Å²) in [6, 6.07) is 18.6. The molecule has 1 unspecified atom stereocenters. The fraction of sp³-hybridized carbons (Fsp3) is 0.143. The van der Waals surface area contributed by atoms with E-state index in [1.807, 2.05) is 60.7 Å². The summed E-state index contributed by atoms with van der Waals surface area (Å²) in [4.78, 5) is 10.5. The minimum atomic E-state index is -1.17. The molecule has 0 aliphatic rings. The highest BCUT2D eigenvalue weighted by Crippen LogP contribution is 2.31. The van der Waals surface area contributed by atoms with Gasteiger partial charge in [0.1, 0.15) is 0 Å². The molecule has 1 atom stereocenters. The number of hydrogen-bond donors (Lipinski definition) is 0. The molecule has 0 N–H and O–H groups in total. The Morgan fingerprint density at radius 3 is 1.61 bits per heavy atom. The molecule has 92 valence electrons. The fourth-order valence-electron chi connectivity index (χ4n) is 1.95. The van der Waals surface area contributed by atoms with Gasteiger partial charge in [-0.05, 0) is 22.7 Å². The topological polar surface area (TPSA) is 43.1 Å². The highest BCUT2D eigenvalue weighted by Gasteiger charge is 2.31. The molecule has 4 heteroatoms. The normalized spacial score (nSPS) is 12.3. The Bertz CT molecular complexity index is 476. The number of halogens is 1. The van der Waals surface area contributed by atoms with Gasteiger partial charge >= 0.3 is 0 Å². The van der Waals surface area contributed by atoms with Gasteiger partial charge in [-0.2, -0.15) is 0 Å². The van der Waals surface area contributed by atoms with Gasteiger partial charge in [0, 0.05) is 4.92 Å². The van der Waals surface area contributed by atoms with Gasteiger partial charge in [-0.3, -0.25) is 10.1 Å². The van der Waals surface area contributed by atoms with Crippen LogP contribution in [0.4, 0.5) is 0 Å². The molecule has 0 heterocycles. The van der Waals surface area contributed by atoms with E-state index in [1.54, 1.807) is 0 Å². The molecule has 2 rings (SSSR count). The Balaban J connectivity index is 2.45. The highest BCUT2D eigenvalue weighted by atomic mass is 35.5. The zero-order valence-electron chi connectivity index (χ0n) is 9.57. The molecule has 0 aromatic heterocycles. The summed E-state index contributed by atoms with van der Waals surface area (Å²) in [5.41, 5.74) is 0.524. The van der Waals surface area contributed by atoms with Crippen molar-refractivity contribution in [2.45, 2.75) is 11.4 Å². The summed E-state index contributed by atoms with van der Waals surface area (Å²) in [6.45, 7) is 0. The van der Waals surface area contributed by atoms with E-state index in [1.165, 1.54) is 0 Å². The van der Waals surface area contributed by atoms with Gasteiger partial charge in [0.2, 0.25) is 0 Å². The molecular weight excluding hydrogens is 250 g/mol. The van der Waals surface area contributed by atoms with Crippen molar-refractivity contribution < 1.29 is 4.92 Å². The molecule has 0 spiro atoms. The maximum atomic E-state index is 11.0. The van der Waals surface area contributed by atoms with Crippen molar-refractivity contribution in [2.24, 2.45) is 0 Å². The largest absolute Gasteiger partial charge is 0.296 e. The van der Waals surface area contributed by atoms with Gasteiger partial charge in [0.15, 0.2) is 0 Å². The third-order valence-electron chi connectivity index (χ3n) is 2.79. The molecule has 0 saturated heterocycles. The second-order valence-corrected chi connectivity index (χ2v) is 4.40. The number of nitrogens with zero attached hydrogens (tertiary/aromatic N) is 1. The summed E-state index contributed by atoms with van der Waals surface area (Å²) < 4.78 is 0. The van der Waals surface area contributed by atoms with Crippen LogP contribution in [0.5, 0.6) is 0 Å². The van der Waals surface area contributed by atoms with Gasteiger partial charge < -0.3 is 0 Å². The van der Waals surface area contributed by atoms with Gasteiger partial charge in [-0.15, -0.1) is 0 Å². The van der Waals surface area contributed by atoms with E-state index >= 15 is 0 Å². The second kappa shape index (κ2) is 5.65. The van der Waals surface area contributed by atoms with E-state index in [0.29, 0.717) is 0 Å². The lowest BCUT2D eigenvalue weighted by atomic mass is 9.91. The lowest BCUT2D eigenvalue weighted by Gasteiger charge is -2.17. The van der Waals surface area contributed by atoms with Crippen LogP contribution in [0, 0.1) is 10.1 Å². The summed E-state index contributed by atoms with van der Waals surface area (Å²) in [7, 11) is 0. The lowest BCUT2D eigenvalue weighted by Crippen LogP contribution is -2.22. The molecule has 0 fully saturated rings. The Morgan fingerprint density at radius 2 is 1.28 bits per heavy atom. The summed E-state index contributed by atoms with van der Waals surface area (Å²) >= 11 is 5.95. The third kappa shape index (κ3) is 2.68. The Hall–Kier alpha value is -1.87. The Morgan fingerprint density at radius 1 is 0.889 bits per heavy atom. The van der Waals surface area contributed by atoms with Crippen LogP contribution in [0.1, 0.15) is 17.0 Å². The second-order valence-electron chi connectivity index (χ2n) is 3.96. The van der Waals surface area contributed by atoms with E-state index in [0.717, 1.165) is 11.1 Å². The summed E-state index contributed by atoms with van der Waals surface area (Å²) in [5.74, 6) is -0.441. The fourth-order valence-corrected chi connectivity index (χ4v) is 2.24. The van der Waals surface area contributed by atoms with Gasteiger partial charge in [0.25, 0.3) is 5.50 Å². The molecule has 0 aliphatic heterocycles. The minimum absolute atomic E-state index is 0.441. The predicted molar refractivity (Wildman–Crippen MR) is 71.4 cm³/mol. The molecule has 0 saturated carbocycles. The first-order chi connectivity index (χ1) is 8.70. The van der Waals surface area contributed by atoms with E-state index in [9.17, 15) is 10.1 Å². The molecule has 0 amide bonds. The molecule has 2 aromatic carbocycles. The van der Waals surface area contributed by atoms with Crippen molar-refractivity contribution in [1.82, 2.24) is 0 Å². The Labute approximate surface area is 110 Å². The quantitative estimate of drug-likeness (QED) is 0.365. The molecule has 0 bridgehead atoms. The standard InChI is InChI=1S/C14H12ClNO2/c15-14(16(17)18)13(11-7-3-1-4-8-11)12-9-5-2-6-10-12/h1-10,13-14H. The van der Waals surface area contributed by atoms with E-state index in [-0.39, 0.29) is 0 Å². The van der Waals surface area contributed by atoms with Crippen molar-refractivity contribution in [1.29, 1.82) is 0 Å². The maximum absolute atomic E-state index is 11.0. The van der Waals surface area contributed by atoms with Crippen LogP contribution in [0.3, 0.4) is 0 Å². The van der Waals surface area contributed by atoms with Crippen LogP contribution >= 0.6 is 11.6 Å². The van der Waals surface area contributed by atoms with Crippen molar-refractivity contribution in [3.8, 4) is 0 Å². The molecule has 2 aromatic rings. The van der Waals surface area contributed by atoms with E-state index < -0.39 is 16.3 Å². The van der Waals surface area contributed by atoms with Gasteiger partial charge in [-0.1, -0.05) is 60.7 Å². The van der Waals surface area contributed by atoms with Crippen LogP contribution in [-0.4, -0.2) is 10.4 Å². The number of rotatable bonds is 4. The first-order valence-electron chi connectivity index (χ1n) is 5.57. The number of hydrogen-bond acceptors (Lipinski definition) is 2. The van der Waals surface area contributed by atoms with E-state index in [4.69, 9.17) is 11.6 Å². The zero-order chi connectivity index (χ0) is 13.0. The van der Waals surface area contributed by atoms with Crippen molar-refractivity contribution >= 4 is 11.6 Å². The molecular formula is C14H12ClNO2. The molecule has 3 nitrogen and oxygen atoms in total. The van der Waals surface area contributed by atoms with Crippen LogP contribution in [0.2, 0.25) is 0 Å². The number of alkyl halides is 1. The molecule has 18 heavy (non-hydrogen) atoms. The zero-order valence-corrected chi connectivity index (χ0v) is 10.3. The SMILES string of the molecule is O=[N+]([O-])C(Cl)C(c1ccccc1)c1ccccc1. The van der Waals surface area contributed by atoms with Crippen molar-refractivity contribution in [3.05, 3.63) is 81.9 Å². The smallest absolute Gasteiger partial charge is 0.263 e. The lowest BCUT2D eigenvalue weighted by molar-refractivity contribution is -0.500. The predicted octanol–water partition coefficient (Wildman–Crippen LogP) is 3.66. The third-order valence-corrected chi connectivity index (χ3v) is 3.21. The van der Waals surface area contributed by atoms with Crippen LogP contribution in [-0.2, 0) is 0 Å². The highest BCUT2D eigenvalue weighted by molar-refractivity contribution is 6.20. The summed E-state index contributed by atoms with van der Waals surface area (Å²) in [5, 5.41) is 11.0. The maximum Gasteiger partial charge on any atom is 0.296 e. The minimum Gasteiger partial charge on any atom is -0.263 e. The van der Waals surface area contributed by atoms with Crippen LogP contribution in [0.15, 0.2) is 60.7 Å². The average molecular weight is 262 g/mol. The average Bonchev–Trinajstić information content (AvgIpc) is 2.41. The molecule has 0 aliphatic carbocycles. The number of nitro groups is 1. The number of benzene rings is 2. The Kier molecular flexibility index (Phi) is 3.95. The van der Waals surface area contributed by atoms with Gasteiger partial charge in [-0.25, -0.2) is 0 Å². The first kappa shape index (κ1) is 12.6. The van der Waals surface area contributed by atoms with Crippen LogP contribution < -0.4 is 0 Å². The molecule has 0 radical (unpaired) electrons. The van der Waals surface area contributed by atoms with Crippen molar-refractivity contribution in [2.75, 3.05) is 0 Å². The first-order valence-corrected chi connectivity index (χ1v) is 6.01.